The van der Waals surface area contributed by atoms with Gasteiger partial charge in [0, 0.05) is 11.8 Å². The Kier molecular flexibility index (Phi) is 4.60. The molecule has 0 spiro atoms. The highest BCUT2D eigenvalue weighted by Gasteiger charge is 1.92. The number of hydrogen-bond acceptors (Lipinski definition) is 3. The molecule has 0 heterocycles. The van der Waals surface area contributed by atoms with Crippen LogP contribution in [0.15, 0.2) is 0 Å². The zero-order chi connectivity index (χ0) is 5.70. The molecule has 0 bridgehead atoms. The van der Waals surface area contributed by atoms with E-state index in [0.717, 1.165) is 5.75 Å². The van der Waals surface area contributed by atoms with E-state index in [1.54, 1.807) is 11.8 Å². The van der Waals surface area contributed by atoms with Crippen molar-refractivity contribution in [2.45, 2.75) is 13.0 Å². The molecule has 0 saturated carbocycles. The molecule has 0 fully saturated rings. The number of thioether (sulfide) groups is 1. The second kappa shape index (κ2) is 4.43. The molecular formula is C4H12N2S. The summed E-state index contributed by atoms with van der Waals surface area (Å²) in [4.78, 5) is 0. The maximum atomic E-state index is 5.09. The largest absolute Gasteiger partial charge is 0.271 e. The zero-order valence-corrected chi connectivity index (χ0v) is 5.59. The van der Waals surface area contributed by atoms with Gasteiger partial charge < -0.3 is 0 Å². The van der Waals surface area contributed by atoms with Crippen molar-refractivity contribution < 1.29 is 0 Å². The van der Waals surface area contributed by atoms with Crippen LogP contribution in [0.25, 0.3) is 0 Å². The molecule has 0 aliphatic carbocycles. The number of hydrazine groups is 1. The van der Waals surface area contributed by atoms with Crippen molar-refractivity contribution in [2.75, 3.05) is 12.0 Å². The summed E-state index contributed by atoms with van der Waals surface area (Å²) >= 11 is 1.79. The topological polar surface area (TPSA) is 38.0 Å². The number of rotatable bonds is 3. The van der Waals surface area contributed by atoms with E-state index in [2.05, 4.69) is 18.6 Å². The van der Waals surface area contributed by atoms with E-state index in [1.165, 1.54) is 0 Å². The smallest absolute Gasteiger partial charge is 0.0272 e. The van der Waals surface area contributed by atoms with Crippen LogP contribution in [0.3, 0.4) is 0 Å². The Morgan fingerprint density at radius 1 is 1.86 bits per heavy atom. The van der Waals surface area contributed by atoms with Crippen LogP contribution in [0.1, 0.15) is 6.92 Å². The van der Waals surface area contributed by atoms with Gasteiger partial charge >= 0.3 is 0 Å². The zero-order valence-electron chi connectivity index (χ0n) is 4.77. The number of nitrogens with two attached hydrogens (primary N) is 1. The predicted octanol–water partition coefficient (Wildman–Crippen LogP) is 0.201. The third-order valence-electron chi connectivity index (χ3n) is 0.701. The standard InChI is InChI=1S/C4H12N2S/c1-4(6-5)3-7-2/h4,6H,3,5H2,1-2H3/t4-/m0/s1. The molecule has 0 saturated heterocycles. The van der Waals surface area contributed by atoms with Gasteiger partial charge in [-0.15, -0.1) is 0 Å². The maximum Gasteiger partial charge on any atom is 0.0272 e. The van der Waals surface area contributed by atoms with E-state index in [4.69, 9.17) is 5.84 Å². The highest BCUT2D eigenvalue weighted by molar-refractivity contribution is 7.98. The van der Waals surface area contributed by atoms with Gasteiger partial charge in [-0.1, -0.05) is 0 Å². The van der Waals surface area contributed by atoms with Gasteiger partial charge in [-0.3, -0.25) is 11.3 Å². The summed E-state index contributed by atoms with van der Waals surface area (Å²) in [5.41, 5.74) is 2.64. The Hall–Kier alpha value is 0.270. The highest BCUT2D eigenvalue weighted by Crippen LogP contribution is 1.93. The molecule has 0 aromatic rings. The van der Waals surface area contributed by atoms with E-state index in [1.807, 2.05) is 0 Å². The lowest BCUT2D eigenvalue weighted by atomic mass is 10.4. The molecule has 0 amide bonds. The van der Waals surface area contributed by atoms with Gasteiger partial charge in [-0.25, -0.2) is 0 Å². The fourth-order valence-electron chi connectivity index (χ4n) is 0.298. The van der Waals surface area contributed by atoms with Crippen molar-refractivity contribution in [3.05, 3.63) is 0 Å². The van der Waals surface area contributed by atoms with Crippen LogP contribution in [0.2, 0.25) is 0 Å². The van der Waals surface area contributed by atoms with Crippen LogP contribution >= 0.6 is 11.8 Å². The minimum absolute atomic E-state index is 0.440. The monoisotopic (exact) mass is 120 g/mol. The summed E-state index contributed by atoms with van der Waals surface area (Å²) in [5, 5.41) is 0. The molecule has 3 N–H and O–H groups in total. The van der Waals surface area contributed by atoms with Crippen molar-refractivity contribution in [3.63, 3.8) is 0 Å². The van der Waals surface area contributed by atoms with Crippen molar-refractivity contribution in [1.82, 2.24) is 5.43 Å². The lowest BCUT2D eigenvalue weighted by molar-refractivity contribution is 0.626. The number of nitrogens with one attached hydrogen (secondary N) is 1. The van der Waals surface area contributed by atoms with E-state index >= 15 is 0 Å². The lowest BCUT2D eigenvalue weighted by Crippen LogP contribution is -2.34. The predicted molar refractivity (Wildman–Crippen MR) is 35.2 cm³/mol. The first-order valence-corrected chi connectivity index (χ1v) is 3.65. The molecule has 2 nitrogen and oxygen atoms in total. The first-order chi connectivity index (χ1) is 3.31. The Bertz CT molecular complexity index is 40.7. The van der Waals surface area contributed by atoms with Crippen LogP contribution in [0, 0.1) is 0 Å². The molecular weight excluding hydrogens is 108 g/mol. The summed E-state index contributed by atoms with van der Waals surface area (Å²) in [7, 11) is 0. The fraction of sp³-hybridized carbons (Fsp3) is 1.00. The lowest BCUT2D eigenvalue weighted by Gasteiger charge is -2.04. The summed E-state index contributed by atoms with van der Waals surface area (Å²) in [6.45, 7) is 2.05. The van der Waals surface area contributed by atoms with Gasteiger partial charge in [-0.05, 0) is 13.2 Å². The average molecular weight is 120 g/mol. The molecule has 0 unspecified atom stereocenters. The summed E-state index contributed by atoms with van der Waals surface area (Å²) in [6.07, 6.45) is 2.06. The van der Waals surface area contributed by atoms with Crippen LogP contribution in [-0.4, -0.2) is 18.1 Å². The van der Waals surface area contributed by atoms with Crippen LogP contribution < -0.4 is 11.3 Å². The molecule has 1 atom stereocenters. The van der Waals surface area contributed by atoms with E-state index in [0.29, 0.717) is 6.04 Å². The second-order valence-electron chi connectivity index (χ2n) is 1.52. The summed E-state index contributed by atoms with van der Waals surface area (Å²) in [6, 6.07) is 0.440. The number of hydrogen-bond donors (Lipinski definition) is 2. The van der Waals surface area contributed by atoms with E-state index in [9.17, 15) is 0 Å². The SMILES string of the molecule is CSC[C@H](C)NN. The molecule has 0 aromatic heterocycles. The van der Waals surface area contributed by atoms with Gasteiger partial charge in [0.2, 0.25) is 0 Å². The second-order valence-corrected chi connectivity index (χ2v) is 2.43. The first-order valence-electron chi connectivity index (χ1n) is 2.26. The molecule has 44 valence electrons. The van der Waals surface area contributed by atoms with Crippen molar-refractivity contribution >= 4 is 11.8 Å². The van der Waals surface area contributed by atoms with Crippen LogP contribution in [0.5, 0.6) is 0 Å². The van der Waals surface area contributed by atoms with Crippen molar-refractivity contribution in [1.29, 1.82) is 0 Å². The van der Waals surface area contributed by atoms with Gasteiger partial charge in [0.25, 0.3) is 0 Å². The molecule has 3 heteroatoms. The van der Waals surface area contributed by atoms with Crippen LogP contribution in [-0.2, 0) is 0 Å². The quantitative estimate of drug-likeness (QED) is 0.413. The molecule has 0 aromatic carbocycles. The van der Waals surface area contributed by atoms with Crippen molar-refractivity contribution in [3.8, 4) is 0 Å². The van der Waals surface area contributed by atoms with Gasteiger partial charge in [0.1, 0.15) is 0 Å². The Morgan fingerprint density at radius 2 is 2.43 bits per heavy atom. The third-order valence-corrected chi connectivity index (χ3v) is 1.53. The van der Waals surface area contributed by atoms with Gasteiger partial charge in [0.15, 0.2) is 0 Å². The average Bonchev–Trinajstić information content (AvgIpc) is 1.68. The molecule has 0 aliphatic rings. The Labute approximate surface area is 48.8 Å². The van der Waals surface area contributed by atoms with Crippen molar-refractivity contribution in [2.24, 2.45) is 5.84 Å². The minimum atomic E-state index is 0.440. The van der Waals surface area contributed by atoms with E-state index < -0.39 is 0 Å². The van der Waals surface area contributed by atoms with Crippen LogP contribution in [0.4, 0.5) is 0 Å². The van der Waals surface area contributed by atoms with Gasteiger partial charge in [-0.2, -0.15) is 11.8 Å². The first kappa shape index (κ1) is 7.27. The molecule has 0 aliphatic heterocycles. The Morgan fingerprint density at radius 3 is 2.57 bits per heavy atom. The third kappa shape index (κ3) is 4.12. The van der Waals surface area contributed by atoms with E-state index in [-0.39, 0.29) is 0 Å². The summed E-state index contributed by atoms with van der Waals surface area (Å²) in [5.74, 6) is 6.17. The normalized spacial score (nSPS) is 14.1. The molecule has 7 heavy (non-hydrogen) atoms. The minimum Gasteiger partial charge on any atom is -0.271 e. The summed E-state index contributed by atoms with van der Waals surface area (Å²) < 4.78 is 0. The highest BCUT2D eigenvalue weighted by atomic mass is 32.2. The van der Waals surface area contributed by atoms with Gasteiger partial charge in [0.05, 0.1) is 0 Å². The molecule has 0 radical (unpaired) electrons. The maximum absolute atomic E-state index is 5.09. The Balaban J connectivity index is 2.83. The fourth-order valence-corrected chi connectivity index (χ4v) is 0.894. The molecule has 0 rings (SSSR count).